The number of amides is 2. The van der Waals surface area contributed by atoms with Gasteiger partial charge in [-0.2, -0.15) is 8.78 Å². The predicted molar refractivity (Wildman–Crippen MR) is 111 cm³/mol. The van der Waals surface area contributed by atoms with Gasteiger partial charge in [-0.1, -0.05) is 36.4 Å². The highest BCUT2D eigenvalue weighted by molar-refractivity contribution is 5.92. The number of nitrogens with one attached hydrogen (secondary N) is 2. The zero-order valence-corrected chi connectivity index (χ0v) is 17.5. The molecule has 0 saturated carbocycles. The lowest BCUT2D eigenvalue weighted by molar-refractivity contribution is -0.142. The minimum absolute atomic E-state index is 0.0437. The summed E-state index contributed by atoms with van der Waals surface area (Å²) < 4.78 is 77.3. The molecule has 3 rings (SSSR count). The summed E-state index contributed by atoms with van der Waals surface area (Å²) in [5, 5.41) is 4.84. The number of carbonyl (C=O) groups is 2. The molecule has 0 aliphatic heterocycles. The van der Waals surface area contributed by atoms with Crippen LogP contribution in [-0.4, -0.2) is 25.2 Å². The second-order valence-corrected chi connectivity index (χ2v) is 6.89. The molecule has 178 valence electrons. The third-order valence-electron chi connectivity index (χ3n) is 4.56. The molecule has 0 aliphatic rings. The molecule has 0 spiro atoms. The van der Waals surface area contributed by atoms with Crippen LogP contribution in [0.3, 0.4) is 0 Å². The van der Waals surface area contributed by atoms with Crippen LogP contribution in [0.1, 0.15) is 5.56 Å². The summed E-state index contributed by atoms with van der Waals surface area (Å²) in [5.74, 6) is -13.4. The molecule has 11 heteroatoms. The molecule has 0 fully saturated rings. The van der Waals surface area contributed by atoms with E-state index < -0.39 is 52.9 Å². The molecular formula is C23H17F5N2O4. The predicted octanol–water partition coefficient (Wildman–Crippen LogP) is 5.08. The van der Waals surface area contributed by atoms with Crippen LogP contribution in [0.5, 0.6) is 11.5 Å². The van der Waals surface area contributed by atoms with Gasteiger partial charge in [0.25, 0.3) is 0 Å². The van der Waals surface area contributed by atoms with Gasteiger partial charge >= 0.3 is 12.0 Å². The van der Waals surface area contributed by atoms with Gasteiger partial charge in [-0.15, -0.1) is 0 Å². The lowest BCUT2D eigenvalue weighted by Crippen LogP contribution is -2.45. The molecular weight excluding hydrogens is 463 g/mol. The fraction of sp³-hybridized carbons (Fsp3) is 0.130. The number of esters is 1. The van der Waals surface area contributed by atoms with Crippen LogP contribution in [0.15, 0.2) is 54.6 Å². The van der Waals surface area contributed by atoms with E-state index in [2.05, 4.69) is 10.6 Å². The lowest BCUT2D eigenvalue weighted by atomic mass is 10.1. The average Bonchev–Trinajstić information content (AvgIpc) is 2.84. The first-order valence-corrected chi connectivity index (χ1v) is 9.69. The number of carbonyl (C=O) groups excluding carboxylic acids is 2. The largest absolute Gasteiger partial charge is 0.467 e. The maximum Gasteiger partial charge on any atom is 0.328 e. The van der Waals surface area contributed by atoms with E-state index in [4.69, 9.17) is 9.47 Å². The van der Waals surface area contributed by atoms with E-state index in [9.17, 15) is 31.5 Å². The lowest BCUT2D eigenvalue weighted by Gasteiger charge is -2.17. The van der Waals surface area contributed by atoms with Crippen molar-refractivity contribution in [1.82, 2.24) is 5.32 Å². The Bertz CT molecular complexity index is 1180. The minimum Gasteiger partial charge on any atom is -0.467 e. The van der Waals surface area contributed by atoms with Crippen LogP contribution in [-0.2, 0) is 16.0 Å². The third kappa shape index (κ3) is 5.61. The van der Waals surface area contributed by atoms with Gasteiger partial charge in [0.1, 0.15) is 11.8 Å². The Hall–Kier alpha value is -4.15. The van der Waals surface area contributed by atoms with Gasteiger partial charge in [-0.05, 0) is 17.7 Å². The molecule has 0 bridgehead atoms. The summed E-state index contributed by atoms with van der Waals surface area (Å²) in [6, 6.07) is 11.9. The second-order valence-electron chi connectivity index (χ2n) is 6.89. The Morgan fingerprint density at radius 1 is 0.853 bits per heavy atom. The Labute approximate surface area is 190 Å². The molecule has 2 N–H and O–H groups in total. The topological polar surface area (TPSA) is 76.7 Å². The van der Waals surface area contributed by atoms with E-state index >= 15 is 0 Å². The highest BCUT2D eigenvalue weighted by atomic mass is 19.2. The molecule has 1 unspecified atom stereocenters. The summed E-state index contributed by atoms with van der Waals surface area (Å²) in [7, 11) is 1.17. The summed E-state index contributed by atoms with van der Waals surface area (Å²) in [4.78, 5) is 24.5. The van der Waals surface area contributed by atoms with Crippen LogP contribution >= 0.6 is 0 Å². The number of hydrogen-bond donors (Lipinski definition) is 2. The van der Waals surface area contributed by atoms with Gasteiger partial charge in [-0.3, -0.25) is 0 Å². The van der Waals surface area contributed by atoms with Crippen LogP contribution < -0.4 is 15.4 Å². The van der Waals surface area contributed by atoms with Crippen molar-refractivity contribution in [3.63, 3.8) is 0 Å². The fourth-order valence-electron chi connectivity index (χ4n) is 2.94. The highest BCUT2D eigenvalue weighted by Gasteiger charge is 2.27. The van der Waals surface area contributed by atoms with Crippen molar-refractivity contribution in [2.24, 2.45) is 0 Å². The molecule has 34 heavy (non-hydrogen) atoms. The number of urea groups is 1. The monoisotopic (exact) mass is 480 g/mol. The first kappa shape index (κ1) is 24.5. The molecule has 0 heterocycles. The molecule has 0 aliphatic carbocycles. The number of benzene rings is 3. The van der Waals surface area contributed by atoms with E-state index in [1.54, 1.807) is 30.3 Å². The Morgan fingerprint density at radius 3 is 2.09 bits per heavy atom. The van der Waals surface area contributed by atoms with Crippen molar-refractivity contribution < 1.29 is 41.0 Å². The van der Waals surface area contributed by atoms with Crippen LogP contribution in [0.4, 0.5) is 32.4 Å². The van der Waals surface area contributed by atoms with Crippen molar-refractivity contribution in [3.05, 3.63) is 89.2 Å². The maximum absolute atomic E-state index is 13.9. The van der Waals surface area contributed by atoms with Gasteiger partial charge in [0.15, 0.2) is 0 Å². The van der Waals surface area contributed by atoms with Crippen molar-refractivity contribution in [2.45, 2.75) is 12.5 Å². The van der Waals surface area contributed by atoms with Crippen LogP contribution in [0, 0.1) is 29.1 Å². The molecule has 3 aromatic carbocycles. The van der Waals surface area contributed by atoms with Crippen LogP contribution in [0.2, 0.25) is 0 Å². The van der Waals surface area contributed by atoms with Gasteiger partial charge in [-0.25, -0.2) is 22.8 Å². The summed E-state index contributed by atoms with van der Waals surface area (Å²) in [6.45, 7) is 0. The summed E-state index contributed by atoms with van der Waals surface area (Å²) in [5.41, 5.74) is 0.804. The molecule has 0 radical (unpaired) electrons. The Kier molecular flexibility index (Phi) is 7.67. The SMILES string of the molecule is COC(=O)C(Cc1ccccc1)NC(=O)Nc1cccc(Oc2c(F)c(F)c(F)c(F)c2F)c1. The minimum atomic E-state index is -2.31. The molecule has 2 amide bonds. The van der Waals surface area contributed by atoms with E-state index in [1.807, 2.05) is 0 Å². The first-order chi connectivity index (χ1) is 16.2. The zero-order valence-electron chi connectivity index (χ0n) is 17.5. The van der Waals surface area contributed by atoms with Crippen molar-refractivity contribution in [2.75, 3.05) is 12.4 Å². The van der Waals surface area contributed by atoms with E-state index in [1.165, 1.54) is 25.3 Å². The molecule has 6 nitrogen and oxygen atoms in total. The second kappa shape index (κ2) is 10.6. The Balaban J connectivity index is 1.74. The van der Waals surface area contributed by atoms with Crippen molar-refractivity contribution in [1.29, 1.82) is 0 Å². The van der Waals surface area contributed by atoms with Crippen molar-refractivity contribution >= 4 is 17.7 Å². The first-order valence-electron chi connectivity index (χ1n) is 9.69. The zero-order chi connectivity index (χ0) is 24.8. The third-order valence-corrected chi connectivity index (χ3v) is 4.56. The molecule has 0 saturated heterocycles. The smallest absolute Gasteiger partial charge is 0.328 e. The fourth-order valence-corrected chi connectivity index (χ4v) is 2.94. The van der Waals surface area contributed by atoms with Gasteiger partial charge < -0.3 is 20.1 Å². The number of anilines is 1. The standard InChI is InChI=1S/C23H17F5N2O4/c1-33-22(31)15(10-12-6-3-2-4-7-12)30-23(32)29-13-8-5-9-14(11-13)34-21-19(27)17(25)16(24)18(26)20(21)28/h2-9,11,15H,10H2,1H3,(H2,29,30,32). The molecule has 3 aromatic rings. The maximum atomic E-state index is 13.9. The number of ether oxygens (including phenoxy) is 2. The van der Waals surface area contributed by atoms with Gasteiger partial charge in [0, 0.05) is 18.2 Å². The molecule has 0 aromatic heterocycles. The van der Waals surface area contributed by atoms with Gasteiger partial charge in [0.2, 0.25) is 34.8 Å². The summed E-state index contributed by atoms with van der Waals surface area (Å²) in [6.07, 6.45) is 0.143. The normalized spacial score (nSPS) is 11.5. The number of halogens is 5. The quantitative estimate of drug-likeness (QED) is 0.214. The Morgan fingerprint density at radius 2 is 1.47 bits per heavy atom. The number of methoxy groups -OCH3 is 1. The number of rotatable bonds is 7. The van der Waals surface area contributed by atoms with Crippen molar-refractivity contribution in [3.8, 4) is 11.5 Å². The van der Waals surface area contributed by atoms with E-state index in [-0.39, 0.29) is 17.9 Å². The van der Waals surface area contributed by atoms with E-state index in [0.29, 0.717) is 0 Å². The van der Waals surface area contributed by atoms with E-state index in [0.717, 1.165) is 11.6 Å². The van der Waals surface area contributed by atoms with Gasteiger partial charge in [0.05, 0.1) is 7.11 Å². The highest BCUT2D eigenvalue weighted by Crippen LogP contribution is 2.33. The average molecular weight is 480 g/mol. The van der Waals surface area contributed by atoms with Crippen LogP contribution in [0.25, 0.3) is 0 Å². The molecule has 1 atom stereocenters. The summed E-state index contributed by atoms with van der Waals surface area (Å²) >= 11 is 0. The number of hydrogen-bond acceptors (Lipinski definition) is 4.